The minimum absolute atomic E-state index is 0.286. The summed E-state index contributed by atoms with van der Waals surface area (Å²) >= 11 is 11.8. The normalized spacial score (nSPS) is 10.2. The van der Waals surface area contributed by atoms with Gasteiger partial charge in [-0.25, -0.2) is 4.79 Å². The first-order valence-corrected chi connectivity index (χ1v) is 7.35. The number of hydrogen-bond acceptors (Lipinski definition) is 1. The van der Waals surface area contributed by atoms with Gasteiger partial charge in [0.05, 0.1) is 10.7 Å². The molecule has 0 saturated heterocycles. The highest BCUT2D eigenvalue weighted by Crippen LogP contribution is 2.25. The second-order valence-electron chi connectivity index (χ2n) is 4.74. The molecule has 0 bridgehead atoms. The number of rotatable bonds is 4. The first-order chi connectivity index (χ1) is 10.0. The van der Waals surface area contributed by atoms with Crippen molar-refractivity contribution in [2.45, 2.75) is 13.3 Å². The topological polar surface area (TPSA) is 41.1 Å². The molecule has 0 spiro atoms. The molecule has 2 aromatic rings. The lowest BCUT2D eigenvalue weighted by atomic mass is 10.1. The maximum Gasteiger partial charge on any atom is 0.319 e. The zero-order valence-electron chi connectivity index (χ0n) is 11.6. The van der Waals surface area contributed by atoms with Crippen molar-refractivity contribution < 1.29 is 4.79 Å². The van der Waals surface area contributed by atoms with Crippen molar-refractivity contribution in [1.82, 2.24) is 5.32 Å². The summed E-state index contributed by atoms with van der Waals surface area (Å²) in [7, 11) is 0. The quantitative estimate of drug-likeness (QED) is 0.844. The minimum atomic E-state index is -0.286. The van der Waals surface area contributed by atoms with Crippen LogP contribution in [0.1, 0.15) is 11.1 Å². The van der Waals surface area contributed by atoms with Gasteiger partial charge in [-0.1, -0.05) is 53.0 Å². The molecule has 0 heterocycles. The fourth-order valence-electron chi connectivity index (χ4n) is 1.83. The highest BCUT2D eigenvalue weighted by Gasteiger charge is 2.05. The Labute approximate surface area is 134 Å². The Kier molecular flexibility index (Phi) is 5.48. The third kappa shape index (κ3) is 4.96. The average Bonchev–Trinajstić information content (AvgIpc) is 2.44. The van der Waals surface area contributed by atoms with E-state index >= 15 is 0 Å². The van der Waals surface area contributed by atoms with Crippen molar-refractivity contribution in [3.8, 4) is 0 Å². The molecule has 2 rings (SSSR count). The lowest BCUT2D eigenvalue weighted by Crippen LogP contribution is -2.30. The second-order valence-corrected chi connectivity index (χ2v) is 5.58. The Hall–Kier alpha value is -1.71. The number of anilines is 1. The molecule has 2 amide bonds. The fourth-order valence-corrected chi connectivity index (χ4v) is 2.29. The Morgan fingerprint density at radius 1 is 1.10 bits per heavy atom. The van der Waals surface area contributed by atoms with Crippen LogP contribution in [0.5, 0.6) is 0 Å². The summed E-state index contributed by atoms with van der Waals surface area (Å²) in [5.41, 5.74) is 2.95. The lowest BCUT2D eigenvalue weighted by Gasteiger charge is -2.09. The third-order valence-electron chi connectivity index (χ3n) is 3.00. The Bertz CT molecular complexity index is 627. The number of hydrogen-bond donors (Lipinski definition) is 2. The molecule has 0 aliphatic rings. The van der Waals surface area contributed by atoms with Crippen LogP contribution >= 0.6 is 23.2 Å². The van der Waals surface area contributed by atoms with Crippen LogP contribution in [-0.2, 0) is 6.42 Å². The standard InChI is InChI=1S/C16H16Cl2N2O/c1-11-2-4-12(5-3-11)8-9-19-16(21)20-15-7-6-13(17)10-14(15)18/h2-7,10H,8-9H2,1H3,(H2,19,20,21). The molecule has 0 aromatic heterocycles. The number of carbonyl (C=O) groups excluding carboxylic acids is 1. The number of halogens is 2. The molecule has 2 N–H and O–H groups in total. The number of carbonyl (C=O) groups is 1. The molecule has 5 heteroatoms. The van der Waals surface area contributed by atoms with Gasteiger partial charge >= 0.3 is 6.03 Å². The fraction of sp³-hybridized carbons (Fsp3) is 0.188. The molecule has 0 aliphatic carbocycles. The van der Waals surface area contributed by atoms with Crippen molar-refractivity contribution in [3.63, 3.8) is 0 Å². The molecule has 0 fully saturated rings. The predicted molar refractivity (Wildman–Crippen MR) is 88.4 cm³/mol. The summed E-state index contributed by atoms with van der Waals surface area (Å²) in [6, 6.07) is 12.9. The molecule has 0 saturated carbocycles. The molecule has 0 unspecified atom stereocenters. The zero-order chi connectivity index (χ0) is 15.2. The third-order valence-corrected chi connectivity index (χ3v) is 3.55. The van der Waals surface area contributed by atoms with Crippen molar-refractivity contribution in [2.24, 2.45) is 0 Å². The number of benzene rings is 2. The molecular formula is C16H16Cl2N2O. The zero-order valence-corrected chi connectivity index (χ0v) is 13.1. The monoisotopic (exact) mass is 322 g/mol. The number of amides is 2. The Balaban J connectivity index is 1.81. The van der Waals surface area contributed by atoms with Crippen LogP contribution in [0.15, 0.2) is 42.5 Å². The van der Waals surface area contributed by atoms with E-state index < -0.39 is 0 Å². The Morgan fingerprint density at radius 3 is 2.48 bits per heavy atom. The molecule has 0 aliphatic heterocycles. The second kappa shape index (κ2) is 7.34. The van der Waals surface area contributed by atoms with Crippen LogP contribution in [0, 0.1) is 6.92 Å². The average molecular weight is 323 g/mol. The SMILES string of the molecule is Cc1ccc(CCNC(=O)Nc2ccc(Cl)cc2Cl)cc1. The van der Waals surface area contributed by atoms with Gasteiger partial charge in [0.25, 0.3) is 0 Å². The predicted octanol–water partition coefficient (Wildman–Crippen LogP) is 4.67. The van der Waals surface area contributed by atoms with Crippen LogP contribution in [0.4, 0.5) is 10.5 Å². The van der Waals surface area contributed by atoms with E-state index in [0.29, 0.717) is 22.3 Å². The van der Waals surface area contributed by atoms with Gasteiger partial charge in [-0.2, -0.15) is 0 Å². The van der Waals surface area contributed by atoms with E-state index in [1.807, 2.05) is 6.92 Å². The number of nitrogens with one attached hydrogen (secondary N) is 2. The van der Waals surface area contributed by atoms with E-state index in [-0.39, 0.29) is 6.03 Å². The van der Waals surface area contributed by atoms with Crippen LogP contribution < -0.4 is 10.6 Å². The van der Waals surface area contributed by atoms with Gasteiger partial charge in [0.1, 0.15) is 0 Å². The van der Waals surface area contributed by atoms with Gasteiger partial charge in [-0.05, 0) is 37.1 Å². The first kappa shape index (κ1) is 15.7. The summed E-state index contributed by atoms with van der Waals surface area (Å²) in [5.74, 6) is 0. The van der Waals surface area contributed by atoms with Gasteiger partial charge in [0, 0.05) is 11.6 Å². The van der Waals surface area contributed by atoms with Crippen LogP contribution in [0.2, 0.25) is 10.0 Å². The molecule has 21 heavy (non-hydrogen) atoms. The number of urea groups is 1. The van der Waals surface area contributed by atoms with Crippen molar-refractivity contribution in [3.05, 3.63) is 63.6 Å². The van der Waals surface area contributed by atoms with Gasteiger partial charge in [0.2, 0.25) is 0 Å². The summed E-state index contributed by atoms with van der Waals surface area (Å²) in [4.78, 5) is 11.8. The van der Waals surface area contributed by atoms with Gasteiger partial charge in [-0.3, -0.25) is 0 Å². The molecule has 3 nitrogen and oxygen atoms in total. The minimum Gasteiger partial charge on any atom is -0.338 e. The first-order valence-electron chi connectivity index (χ1n) is 6.60. The Morgan fingerprint density at radius 2 is 1.81 bits per heavy atom. The smallest absolute Gasteiger partial charge is 0.319 e. The van der Waals surface area contributed by atoms with Crippen LogP contribution in [0.25, 0.3) is 0 Å². The highest BCUT2D eigenvalue weighted by atomic mass is 35.5. The molecular weight excluding hydrogens is 307 g/mol. The van der Waals surface area contributed by atoms with Crippen LogP contribution in [0.3, 0.4) is 0 Å². The molecule has 2 aromatic carbocycles. The largest absolute Gasteiger partial charge is 0.338 e. The molecule has 110 valence electrons. The summed E-state index contributed by atoms with van der Waals surface area (Å²) in [6.45, 7) is 2.60. The maximum absolute atomic E-state index is 11.8. The highest BCUT2D eigenvalue weighted by molar-refractivity contribution is 6.36. The summed E-state index contributed by atoms with van der Waals surface area (Å²) in [6.07, 6.45) is 0.780. The summed E-state index contributed by atoms with van der Waals surface area (Å²) in [5, 5.41) is 6.43. The van der Waals surface area contributed by atoms with Gasteiger partial charge < -0.3 is 10.6 Å². The van der Waals surface area contributed by atoms with Crippen molar-refractivity contribution >= 4 is 34.9 Å². The van der Waals surface area contributed by atoms with Crippen molar-refractivity contribution in [2.75, 3.05) is 11.9 Å². The van der Waals surface area contributed by atoms with Gasteiger partial charge in [-0.15, -0.1) is 0 Å². The van der Waals surface area contributed by atoms with E-state index in [0.717, 1.165) is 6.42 Å². The van der Waals surface area contributed by atoms with Crippen molar-refractivity contribution in [1.29, 1.82) is 0 Å². The maximum atomic E-state index is 11.8. The van der Waals surface area contributed by atoms with E-state index in [2.05, 4.69) is 34.9 Å². The number of aryl methyl sites for hydroxylation is 1. The van der Waals surface area contributed by atoms with E-state index in [4.69, 9.17) is 23.2 Å². The van der Waals surface area contributed by atoms with Gasteiger partial charge in [0.15, 0.2) is 0 Å². The van der Waals surface area contributed by atoms with E-state index in [1.54, 1.807) is 18.2 Å². The van der Waals surface area contributed by atoms with E-state index in [9.17, 15) is 4.79 Å². The molecule has 0 radical (unpaired) electrons. The molecule has 0 atom stereocenters. The lowest BCUT2D eigenvalue weighted by molar-refractivity contribution is 0.252. The summed E-state index contributed by atoms with van der Waals surface area (Å²) < 4.78 is 0. The van der Waals surface area contributed by atoms with Crippen LogP contribution in [-0.4, -0.2) is 12.6 Å². The van der Waals surface area contributed by atoms with E-state index in [1.165, 1.54) is 11.1 Å².